The summed E-state index contributed by atoms with van der Waals surface area (Å²) in [5.74, 6) is 0.740. The molecule has 5 nitrogen and oxygen atoms in total. The van der Waals surface area contributed by atoms with E-state index >= 15 is 0 Å². The molecule has 104 valence electrons. The number of carbonyl (C=O) groups is 1. The van der Waals surface area contributed by atoms with Crippen LogP contribution in [0.25, 0.3) is 0 Å². The number of hydrogen-bond donors (Lipinski definition) is 1. The fourth-order valence-electron chi connectivity index (χ4n) is 2.24. The molecule has 0 saturated carbocycles. The molecule has 2 heterocycles. The molecular formula is C13H18BrN3O2. The van der Waals surface area contributed by atoms with Crippen molar-refractivity contribution in [3.05, 3.63) is 16.7 Å². The Morgan fingerprint density at radius 2 is 2.16 bits per heavy atom. The fraction of sp³-hybridized carbons (Fsp3) is 0.538. The van der Waals surface area contributed by atoms with Crippen molar-refractivity contribution in [2.24, 2.45) is 0 Å². The number of amides is 1. The van der Waals surface area contributed by atoms with Crippen LogP contribution in [-0.4, -0.2) is 42.0 Å². The van der Waals surface area contributed by atoms with E-state index in [-0.39, 0.29) is 5.91 Å². The second-order valence-corrected chi connectivity index (χ2v) is 5.43. The number of ether oxygens (including phenoxy) is 1. The Hall–Kier alpha value is -1.30. The maximum Gasteiger partial charge on any atom is 0.238 e. The maximum absolute atomic E-state index is 11.3. The van der Waals surface area contributed by atoms with E-state index in [4.69, 9.17) is 4.74 Å². The summed E-state index contributed by atoms with van der Waals surface area (Å²) >= 11 is 3.32. The Morgan fingerprint density at radius 3 is 2.74 bits per heavy atom. The summed E-state index contributed by atoms with van der Waals surface area (Å²) in [5.41, 5.74) is 0.895. The van der Waals surface area contributed by atoms with E-state index in [1.807, 2.05) is 17.0 Å². The zero-order valence-corrected chi connectivity index (χ0v) is 12.7. The van der Waals surface area contributed by atoms with Gasteiger partial charge in [-0.1, -0.05) is 0 Å². The molecule has 19 heavy (non-hydrogen) atoms. The van der Waals surface area contributed by atoms with Gasteiger partial charge in [-0.15, -0.1) is 0 Å². The van der Waals surface area contributed by atoms with Crippen molar-refractivity contribution in [2.45, 2.75) is 25.8 Å². The number of methoxy groups -OCH3 is 1. The summed E-state index contributed by atoms with van der Waals surface area (Å²) in [6, 6.07) is 4.19. The molecule has 0 bridgehead atoms. The van der Waals surface area contributed by atoms with Crippen molar-refractivity contribution in [1.82, 2.24) is 9.88 Å². The van der Waals surface area contributed by atoms with Gasteiger partial charge < -0.3 is 15.0 Å². The molecule has 0 unspecified atom stereocenters. The van der Waals surface area contributed by atoms with Crippen LogP contribution in [-0.2, 0) is 4.79 Å². The van der Waals surface area contributed by atoms with Crippen LogP contribution in [0, 0.1) is 0 Å². The molecule has 1 aromatic rings. The van der Waals surface area contributed by atoms with E-state index in [0.717, 1.165) is 36.2 Å². The highest BCUT2D eigenvalue weighted by Gasteiger charge is 2.21. The van der Waals surface area contributed by atoms with Crippen molar-refractivity contribution in [3.8, 4) is 5.88 Å². The summed E-state index contributed by atoms with van der Waals surface area (Å²) in [5, 5.41) is 3.44. The molecule has 0 radical (unpaired) electrons. The average molecular weight is 328 g/mol. The van der Waals surface area contributed by atoms with Gasteiger partial charge in [0.1, 0.15) is 4.60 Å². The molecule has 6 heteroatoms. The van der Waals surface area contributed by atoms with E-state index in [2.05, 4.69) is 26.2 Å². The van der Waals surface area contributed by atoms with E-state index in [0.29, 0.717) is 11.9 Å². The first-order valence-electron chi connectivity index (χ1n) is 6.32. The number of rotatable bonds is 3. The van der Waals surface area contributed by atoms with Gasteiger partial charge in [0.2, 0.25) is 11.8 Å². The lowest BCUT2D eigenvalue weighted by Crippen LogP contribution is -2.41. The number of carbonyl (C=O) groups excluding carboxylic acids is 1. The van der Waals surface area contributed by atoms with Crippen LogP contribution in [0.4, 0.5) is 5.69 Å². The fourth-order valence-corrected chi connectivity index (χ4v) is 2.54. The summed E-state index contributed by atoms with van der Waals surface area (Å²) in [6.07, 6.45) is 1.89. The van der Waals surface area contributed by atoms with Crippen LogP contribution >= 0.6 is 15.9 Å². The van der Waals surface area contributed by atoms with Crippen LogP contribution in [0.3, 0.4) is 0 Å². The third kappa shape index (κ3) is 3.59. The molecule has 2 rings (SSSR count). The number of nitrogens with zero attached hydrogens (tertiary/aromatic N) is 2. The van der Waals surface area contributed by atoms with Crippen molar-refractivity contribution < 1.29 is 9.53 Å². The zero-order valence-electron chi connectivity index (χ0n) is 11.1. The standard InChI is InChI=1S/C13H18BrN3O2/c1-9(18)17-7-5-10(6-8-17)15-11-3-4-12(14)16-13(11)19-2/h3-4,10,15H,5-8H2,1-2H3. The topological polar surface area (TPSA) is 54.5 Å². The van der Waals surface area contributed by atoms with E-state index in [9.17, 15) is 4.79 Å². The lowest BCUT2D eigenvalue weighted by atomic mass is 10.0. The molecular weight excluding hydrogens is 310 g/mol. The van der Waals surface area contributed by atoms with Gasteiger partial charge in [-0.25, -0.2) is 4.98 Å². The largest absolute Gasteiger partial charge is 0.479 e. The number of aromatic nitrogens is 1. The Bertz CT molecular complexity index is 459. The Balaban J connectivity index is 1.97. The van der Waals surface area contributed by atoms with Crippen LogP contribution in [0.2, 0.25) is 0 Å². The van der Waals surface area contributed by atoms with E-state index < -0.39 is 0 Å². The van der Waals surface area contributed by atoms with Crippen LogP contribution in [0.15, 0.2) is 16.7 Å². The van der Waals surface area contributed by atoms with Crippen molar-refractivity contribution >= 4 is 27.5 Å². The number of likely N-dealkylation sites (tertiary alicyclic amines) is 1. The van der Waals surface area contributed by atoms with E-state index in [1.54, 1.807) is 14.0 Å². The minimum Gasteiger partial charge on any atom is -0.479 e. The first-order valence-corrected chi connectivity index (χ1v) is 7.12. The molecule has 1 N–H and O–H groups in total. The third-order valence-electron chi connectivity index (χ3n) is 3.32. The first-order chi connectivity index (χ1) is 9.10. The highest BCUT2D eigenvalue weighted by Crippen LogP contribution is 2.26. The van der Waals surface area contributed by atoms with Gasteiger partial charge in [0.15, 0.2) is 0 Å². The highest BCUT2D eigenvalue weighted by atomic mass is 79.9. The van der Waals surface area contributed by atoms with Gasteiger partial charge in [-0.05, 0) is 40.9 Å². The summed E-state index contributed by atoms with van der Waals surface area (Å²) in [6.45, 7) is 3.23. The maximum atomic E-state index is 11.3. The zero-order chi connectivity index (χ0) is 13.8. The number of nitrogens with one attached hydrogen (secondary N) is 1. The summed E-state index contributed by atoms with van der Waals surface area (Å²) < 4.78 is 6.01. The second kappa shape index (κ2) is 6.23. The van der Waals surface area contributed by atoms with Crippen LogP contribution in [0.1, 0.15) is 19.8 Å². The molecule has 1 fully saturated rings. The van der Waals surface area contributed by atoms with Gasteiger partial charge in [0, 0.05) is 26.1 Å². The molecule has 0 aromatic carbocycles. The van der Waals surface area contributed by atoms with Gasteiger partial charge in [0.05, 0.1) is 12.8 Å². The Kier molecular flexibility index (Phi) is 4.63. The molecule has 1 aliphatic heterocycles. The van der Waals surface area contributed by atoms with Crippen molar-refractivity contribution in [1.29, 1.82) is 0 Å². The average Bonchev–Trinajstić information content (AvgIpc) is 2.41. The third-order valence-corrected chi connectivity index (χ3v) is 3.76. The highest BCUT2D eigenvalue weighted by molar-refractivity contribution is 9.10. The lowest BCUT2D eigenvalue weighted by molar-refractivity contribution is -0.129. The minimum atomic E-state index is 0.154. The molecule has 1 amide bonds. The molecule has 1 aromatic heterocycles. The van der Waals surface area contributed by atoms with Crippen molar-refractivity contribution in [3.63, 3.8) is 0 Å². The molecule has 1 saturated heterocycles. The van der Waals surface area contributed by atoms with Crippen LogP contribution in [0.5, 0.6) is 5.88 Å². The normalized spacial score (nSPS) is 16.3. The molecule has 1 aliphatic rings. The quantitative estimate of drug-likeness (QED) is 0.865. The van der Waals surface area contributed by atoms with Gasteiger partial charge in [0.25, 0.3) is 0 Å². The second-order valence-electron chi connectivity index (χ2n) is 4.62. The summed E-state index contributed by atoms with van der Waals surface area (Å²) in [7, 11) is 1.61. The molecule has 0 spiro atoms. The van der Waals surface area contributed by atoms with Crippen LogP contribution < -0.4 is 10.1 Å². The number of halogens is 1. The van der Waals surface area contributed by atoms with Gasteiger partial charge >= 0.3 is 0 Å². The minimum absolute atomic E-state index is 0.154. The first kappa shape index (κ1) is 14.1. The van der Waals surface area contributed by atoms with E-state index in [1.165, 1.54) is 0 Å². The molecule has 0 aliphatic carbocycles. The number of hydrogen-bond acceptors (Lipinski definition) is 4. The predicted octanol–water partition coefficient (Wildman–Crippen LogP) is 2.28. The Morgan fingerprint density at radius 1 is 1.47 bits per heavy atom. The molecule has 0 atom stereocenters. The lowest BCUT2D eigenvalue weighted by Gasteiger charge is -2.32. The van der Waals surface area contributed by atoms with Gasteiger partial charge in [-0.3, -0.25) is 4.79 Å². The number of piperidine rings is 1. The predicted molar refractivity (Wildman–Crippen MR) is 77.4 cm³/mol. The number of pyridine rings is 1. The Labute approximate surface area is 121 Å². The number of anilines is 1. The smallest absolute Gasteiger partial charge is 0.238 e. The van der Waals surface area contributed by atoms with Crippen molar-refractivity contribution in [2.75, 3.05) is 25.5 Å². The monoisotopic (exact) mass is 327 g/mol. The van der Waals surface area contributed by atoms with Gasteiger partial charge in [-0.2, -0.15) is 0 Å². The SMILES string of the molecule is COc1nc(Br)ccc1NC1CCN(C(C)=O)CC1. The summed E-state index contributed by atoms with van der Waals surface area (Å²) in [4.78, 5) is 17.4.